The molecule has 29 heavy (non-hydrogen) atoms. The highest BCUT2D eigenvalue weighted by atomic mass is 127. The van der Waals surface area contributed by atoms with Crippen LogP contribution in [0, 0.1) is 0 Å². The third kappa shape index (κ3) is 6.42. The van der Waals surface area contributed by atoms with Gasteiger partial charge >= 0.3 is 0 Å². The Balaban J connectivity index is 0.00000300. The smallest absolute Gasteiger partial charge is 0.191 e. The first-order valence-corrected chi connectivity index (χ1v) is 10.1. The minimum atomic E-state index is 0. The van der Waals surface area contributed by atoms with Crippen LogP contribution in [0.1, 0.15) is 44.5 Å². The second kappa shape index (κ2) is 11.7. The van der Waals surface area contributed by atoms with Crippen LogP contribution in [0.25, 0.3) is 5.65 Å². The number of hydrogen-bond donors (Lipinski definition) is 2. The molecule has 0 aliphatic heterocycles. The largest absolute Gasteiger partial charge is 0.357 e. The number of aromatic nitrogens is 3. The number of pyridine rings is 1. The molecular weight excluding hydrogens is 475 g/mol. The molecule has 2 N–H and O–H groups in total. The summed E-state index contributed by atoms with van der Waals surface area (Å²) in [5, 5.41) is 15.4. The van der Waals surface area contributed by atoms with Gasteiger partial charge in [-0.15, -0.1) is 34.2 Å². The van der Waals surface area contributed by atoms with Gasteiger partial charge in [-0.05, 0) is 38.0 Å². The lowest BCUT2D eigenvalue weighted by Crippen LogP contribution is -2.44. The van der Waals surface area contributed by atoms with Gasteiger partial charge in [0.2, 0.25) is 0 Å². The van der Waals surface area contributed by atoms with Crippen LogP contribution in [0.3, 0.4) is 0 Å². The van der Waals surface area contributed by atoms with Crippen molar-refractivity contribution in [1.29, 1.82) is 0 Å². The summed E-state index contributed by atoms with van der Waals surface area (Å²) in [6.07, 6.45) is 3.78. The van der Waals surface area contributed by atoms with Crippen molar-refractivity contribution in [3.8, 4) is 0 Å². The van der Waals surface area contributed by atoms with Crippen molar-refractivity contribution in [2.45, 2.75) is 45.6 Å². The predicted octanol–water partition coefficient (Wildman–Crippen LogP) is 4.03. The van der Waals surface area contributed by atoms with E-state index in [2.05, 4.69) is 71.9 Å². The van der Waals surface area contributed by atoms with E-state index >= 15 is 0 Å². The number of halogens is 1. The maximum atomic E-state index is 4.75. The number of nitrogens with zero attached hydrogens (tertiary/aromatic N) is 4. The number of hydrogen-bond acceptors (Lipinski definition) is 3. The average Bonchev–Trinajstić information content (AvgIpc) is 3.14. The van der Waals surface area contributed by atoms with Gasteiger partial charge < -0.3 is 10.6 Å². The van der Waals surface area contributed by atoms with Crippen LogP contribution in [0.2, 0.25) is 0 Å². The van der Waals surface area contributed by atoms with Crippen molar-refractivity contribution in [2.24, 2.45) is 4.99 Å². The van der Waals surface area contributed by atoms with Crippen molar-refractivity contribution in [3.63, 3.8) is 0 Å². The molecule has 1 aromatic carbocycles. The molecular formula is C22H31IN6. The molecule has 0 saturated carbocycles. The van der Waals surface area contributed by atoms with Crippen molar-refractivity contribution >= 4 is 35.6 Å². The molecule has 2 aromatic heterocycles. The van der Waals surface area contributed by atoms with E-state index in [0.717, 1.165) is 43.4 Å². The molecule has 3 aromatic rings. The first kappa shape index (κ1) is 23.1. The summed E-state index contributed by atoms with van der Waals surface area (Å²) in [5.41, 5.74) is 2.22. The topological polar surface area (TPSA) is 66.6 Å². The number of nitrogens with one attached hydrogen (secondary N) is 2. The Labute approximate surface area is 190 Å². The van der Waals surface area contributed by atoms with Gasteiger partial charge in [-0.3, -0.25) is 9.39 Å². The quantitative estimate of drug-likeness (QED) is 0.210. The fourth-order valence-corrected chi connectivity index (χ4v) is 3.20. The normalized spacial score (nSPS) is 13.6. The zero-order valence-electron chi connectivity index (χ0n) is 17.4. The summed E-state index contributed by atoms with van der Waals surface area (Å²) in [4.78, 5) is 4.75. The molecule has 6 nitrogen and oxygen atoms in total. The maximum Gasteiger partial charge on any atom is 0.191 e. The first-order valence-electron chi connectivity index (χ1n) is 10.1. The van der Waals surface area contributed by atoms with Gasteiger partial charge in [0.05, 0.1) is 0 Å². The lowest BCUT2D eigenvalue weighted by molar-refractivity contribution is 0.550. The zero-order valence-corrected chi connectivity index (χ0v) is 19.7. The molecule has 7 heteroatoms. The molecule has 2 atom stereocenters. The SMILES string of the molecule is CCNC(=NCCCc1nnc2ccccn12)NC(C)C(C)c1ccccc1.I. The summed E-state index contributed by atoms with van der Waals surface area (Å²) in [6.45, 7) is 8.11. The molecule has 0 fully saturated rings. The Morgan fingerprint density at radius 1 is 1.07 bits per heavy atom. The van der Waals surface area contributed by atoms with Crippen LogP contribution in [0.4, 0.5) is 0 Å². The molecule has 0 amide bonds. The van der Waals surface area contributed by atoms with E-state index in [9.17, 15) is 0 Å². The molecule has 0 bridgehead atoms. The van der Waals surface area contributed by atoms with E-state index in [1.165, 1.54) is 5.56 Å². The zero-order chi connectivity index (χ0) is 19.8. The van der Waals surface area contributed by atoms with Crippen LogP contribution >= 0.6 is 24.0 Å². The molecule has 0 aliphatic rings. The van der Waals surface area contributed by atoms with Gasteiger partial charge in [0.1, 0.15) is 5.82 Å². The minimum absolute atomic E-state index is 0. The van der Waals surface area contributed by atoms with Gasteiger partial charge in [-0.1, -0.05) is 43.3 Å². The van der Waals surface area contributed by atoms with E-state index in [1.54, 1.807) is 0 Å². The lowest BCUT2D eigenvalue weighted by atomic mass is 9.94. The van der Waals surface area contributed by atoms with E-state index in [1.807, 2.05) is 28.8 Å². The summed E-state index contributed by atoms with van der Waals surface area (Å²) >= 11 is 0. The fraction of sp³-hybridized carbons (Fsp3) is 0.409. The Morgan fingerprint density at radius 3 is 2.59 bits per heavy atom. The number of guanidine groups is 1. The highest BCUT2D eigenvalue weighted by Crippen LogP contribution is 2.18. The molecule has 3 rings (SSSR count). The van der Waals surface area contributed by atoms with Crippen LogP contribution in [0.15, 0.2) is 59.7 Å². The molecule has 0 spiro atoms. The van der Waals surface area contributed by atoms with Gasteiger partial charge in [-0.25, -0.2) is 0 Å². The van der Waals surface area contributed by atoms with Crippen LogP contribution in [-0.2, 0) is 6.42 Å². The highest BCUT2D eigenvalue weighted by molar-refractivity contribution is 14.0. The monoisotopic (exact) mass is 506 g/mol. The minimum Gasteiger partial charge on any atom is -0.357 e. The number of aliphatic imine (C=N–C) groups is 1. The first-order chi connectivity index (χ1) is 13.7. The van der Waals surface area contributed by atoms with Gasteiger partial charge in [0, 0.05) is 37.7 Å². The maximum absolute atomic E-state index is 4.75. The highest BCUT2D eigenvalue weighted by Gasteiger charge is 2.15. The van der Waals surface area contributed by atoms with Gasteiger partial charge in [0.25, 0.3) is 0 Å². The summed E-state index contributed by atoms with van der Waals surface area (Å²) < 4.78 is 2.04. The predicted molar refractivity (Wildman–Crippen MR) is 130 cm³/mol. The van der Waals surface area contributed by atoms with Gasteiger partial charge in [0.15, 0.2) is 11.6 Å². The van der Waals surface area contributed by atoms with Gasteiger partial charge in [-0.2, -0.15) is 0 Å². The van der Waals surface area contributed by atoms with Crippen LogP contribution in [-0.4, -0.2) is 39.7 Å². The van der Waals surface area contributed by atoms with Crippen molar-refractivity contribution in [1.82, 2.24) is 25.2 Å². The molecule has 2 unspecified atom stereocenters. The molecule has 156 valence electrons. The molecule has 0 radical (unpaired) electrons. The van der Waals surface area contributed by atoms with E-state index < -0.39 is 0 Å². The van der Waals surface area contributed by atoms with Crippen LogP contribution < -0.4 is 10.6 Å². The number of rotatable bonds is 8. The Morgan fingerprint density at radius 2 is 1.83 bits per heavy atom. The second-order valence-corrected chi connectivity index (χ2v) is 7.04. The Kier molecular flexibility index (Phi) is 9.37. The third-order valence-corrected chi connectivity index (χ3v) is 5.00. The number of benzene rings is 1. The van der Waals surface area contributed by atoms with Crippen molar-refractivity contribution < 1.29 is 0 Å². The number of aryl methyl sites for hydroxylation is 1. The summed E-state index contributed by atoms with van der Waals surface area (Å²) in [6, 6.07) is 16.8. The number of fused-ring (bicyclic) bond motifs is 1. The van der Waals surface area contributed by atoms with Crippen molar-refractivity contribution in [3.05, 3.63) is 66.1 Å². The van der Waals surface area contributed by atoms with Crippen molar-refractivity contribution in [2.75, 3.05) is 13.1 Å². The molecule has 0 saturated heterocycles. The Bertz CT molecular complexity index is 892. The third-order valence-electron chi connectivity index (χ3n) is 5.00. The Hall–Kier alpha value is -2.16. The van der Waals surface area contributed by atoms with E-state index in [0.29, 0.717) is 5.92 Å². The lowest BCUT2D eigenvalue weighted by Gasteiger charge is -2.24. The average molecular weight is 506 g/mol. The van der Waals surface area contributed by atoms with E-state index in [-0.39, 0.29) is 30.0 Å². The van der Waals surface area contributed by atoms with E-state index in [4.69, 9.17) is 4.99 Å². The molecule has 2 heterocycles. The fourth-order valence-electron chi connectivity index (χ4n) is 3.20. The molecule has 0 aliphatic carbocycles. The summed E-state index contributed by atoms with van der Waals surface area (Å²) in [5.74, 6) is 2.24. The summed E-state index contributed by atoms with van der Waals surface area (Å²) in [7, 11) is 0. The second-order valence-electron chi connectivity index (χ2n) is 7.04. The van der Waals surface area contributed by atoms with Crippen LogP contribution in [0.5, 0.6) is 0 Å². The standard InChI is InChI=1S/C22H30N6.HI/c1-4-23-22(25-18(3)17(2)19-11-6-5-7-12-19)24-15-10-14-21-27-26-20-13-8-9-16-28(20)21;/h5-9,11-13,16-18H,4,10,14-15H2,1-3H3,(H2,23,24,25);1H.